The van der Waals surface area contributed by atoms with Gasteiger partial charge in [-0.15, -0.1) is 0 Å². The first-order chi connectivity index (χ1) is 14.4. The lowest BCUT2D eigenvalue weighted by Crippen LogP contribution is -2.14. The molecular formula is C20H15FN4O4S. The molecule has 0 radical (unpaired) electrons. The summed E-state index contributed by atoms with van der Waals surface area (Å²) in [5, 5.41) is 9.75. The van der Waals surface area contributed by atoms with Crippen LogP contribution in [0.2, 0.25) is 0 Å². The number of aromatic nitrogens is 3. The van der Waals surface area contributed by atoms with Crippen molar-refractivity contribution in [3.05, 3.63) is 66.6 Å². The van der Waals surface area contributed by atoms with Crippen LogP contribution in [-0.4, -0.2) is 35.6 Å². The molecule has 0 saturated heterocycles. The summed E-state index contributed by atoms with van der Waals surface area (Å²) < 4.78 is 45.4. The fourth-order valence-corrected chi connectivity index (χ4v) is 3.74. The largest absolute Gasteiger partial charge is 0.504 e. The number of hydrogen-bond donors (Lipinski definition) is 2. The van der Waals surface area contributed by atoms with Crippen molar-refractivity contribution >= 4 is 27.0 Å². The highest BCUT2D eigenvalue weighted by Gasteiger charge is 2.16. The van der Waals surface area contributed by atoms with Crippen molar-refractivity contribution in [1.29, 1.82) is 0 Å². The van der Waals surface area contributed by atoms with E-state index >= 15 is 0 Å². The van der Waals surface area contributed by atoms with Gasteiger partial charge in [-0.3, -0.25) is 4.72 Å². The average Bonchev–Trinajstić information content (AvgIpc) is 2.73. The molecule has 30 heavy (non-hydrogen) atoms. The van der Waals surface area contributed by atoms with E-state index in [9.17, 15) is 17.9 Å². The molecule has 2 N–H and O–H groups in total. The summed E-state index contributed by atoms with van der Waals surface area (Å²) in [7, 11) is -2.52. The van der Waals surface area contributed by atoms with Gasteiger partial charge in [0.15, 0.2) is 23.0 Å². The van der Waals surface area contributed by atoms with Crippen LogP contribution in [0.1, 0.15) is 0 Å². The summed E-state index contributed by atoms with van der Waals surface area (Å²) in [5.41, 5.74) is 1.90. The predicted molar refractivity (Wildman–Crippen MR) is 108 cm³/mol. The first-order valence-corrected chi connectivity index (χ1v) is 10.1. The van der Waals surface area contributed by atoms with Gasteiger partial charge in [0.25, 0.3) is 10.0 Å². The number of phenolic OH excluding ortho intramolecular Hbond substituents is 1. The van der Waals surface area contributed by atoms with Crippen molar-refractivity contribution in [3.63, 3.8) is 0 Å². The third kappa shape index (κ3) is 3.85. The second kappa shape index (κ2) is 7.56. The second-order valence-electron chi connectivity index (χ2n) is 6.24. The lowest BCUT2D eigenvalue weighted by molar-refractivity contribution is 0.373. The van der Waals surface area contributed by atoms with Crippen molar-refractivity contribution in [2.24, 2.45) is 0 Å². The minimum Gasteiger partial charge on any atom is -0.504 e. The summed E-state index contributed by atoms with van der Waals surface area (Å²) in [4.78, 5) is 12.7. The molecule has 0 aliphatic carbocycles. The number of aromatic hydroxyl groups is 1. The highest BCUT2D eigenvalue weighted by molar-refractivity contribution is 7.92. The number of sulfonamides is 1. The number of halogens is 1. The Labute approximate surface area is 171 Å². The maximum Gasteiger partial charge on any atom is 0.263 e. The predicted octanol–water partition coefficient (Wildman–Crippen LogP) is 3.35. The first kappa shape index (κ1) is 19.5. The van der Waals surface area contributed by atoms with Crippen LogP contribution in [0.4, 0.5) is 10.2 Å². The first-order valence-electron chi connectivity index (χ1n) is 8.65. The zero-order valence-electron chi connectivity index (χ0n) is 15.6. The molecule has 8 nitrogen and oxygen atoms in total. The number of nitrogens with one attached hydrogen (secondary N) is 1. The molecule has 2 aromatic heterocycles. The van der Waals surface area contributed by atoms with Crippen LogP contribution in [0, 0.1) is 5.82 Å². The van der Waals surface area contributed by atoms with Gasteiger partial charge in [-0.05, 0) is 54.6 Å². The molecule has 0 fully saturated rings. The van der Waals surface area contributed by atoms with E-state index in [0.717, 1.165) is 24.3 Å². The van der Waals surface area contributed by atoms with Gasteiger partial charge < -0.3 is 9.84 Å². The van der Waals surface area contributed by atoms with Gasteiger partial charge in [0, 0.05) is 5.56 Å². The lowest BCUT2D eigenvalue weighted by Gasteiger charge is -2.09. The number of phenols is 1. The molecule has 4 aromatic rings. The van der Waals surface area contributed by atoms with Crippen molar-refractivity contribution in [2.75, 3.05) is 11.8 Å². The van der Waals surface area contributed by atoms with E-state index in [-0.39, 0.29) is 22.1 Å². The van der Waals surface area contributed by atoms with Gasteiger partial charge in [0.1, 0.15) is 11.3 Å². The lowest BCUT2D eigenvalue weighted by atomic mass is 10.1. The third-order valence-electron chi connectivity index (χ3n) is 4.25. The number of methoxy groups -OCH3 is 1. The molecule has 152 valence electrons. The van der Waals surface area contributed by atoms with E-state index in [1.807, 2.05) is 0 Å². The van der Waals surface area contributed by atoms with Gasteiger partial charge in [-0.2, -0.15) is 0 Å². The standard InChI is InChI=1S/C20H15FN4O4S/c1-29-18-10-12(2-9-17(18)26)15-7-8-16-20(23-15)24-19(11-22-16)25-30(27,28)14-5-3-13(21)4-6-14/h2-11,26H,1H3,(H,23,24,25). The molecule has 0 atom stereocenters. The number of anilines is 1. The van der Waals surface area contributed by atoms with E-state index in [1.54, 1.807) is 24.3 Å². The van der Waals surface area contributed by atoms with E-state index in [0.29, 0.717) is 22.5 Å². The molecule has 4 rings (SSSR count). The number of pyridine rings is 1. The Kier molecular flexibility index (Phi) is 4.92. The summed E-state index contributed by atoms with van der Waals surface area (Å²) in [5.74, 6) is -0.276. The third-order valence-corrected chi connectivity index (χ3v) is 5.62. The van der Waals surface area contributed by atoms with Crippen molar-refractivity contribution < 1.29 is 22.7 Å². The minimum atomic E-state index is -3.97. The monoisotopic (exact) mass is 426 g/mol. The van der Waals surface area contributed by atoms with Crippen LogP contribution >= 0.6 is 0 Å². The zero-order valence-corrected chi connectivity index (χ0v) is 16.4. The number of fused-ring (bicyclic) bond motifs is 1. The van der Waals surface area contributed by atoms with Crippen molar-refractivity contribution in [2.45, 2.75) is 4.90 Å². The van der Waals surface area contributed by atoms with Crippen LogP contribution in [0.3, 0.4) is 0 Å². The Balaban J connectivity index is 1.69. The summed E-state index contributed by atoms with van der Waals surface area (Å²) in [6, 6.07) is 12.6. The van der Waals surface area contributed by atoms with Crippen LogP contribution in [-0.2, 0) is 10.0 Å². The van der Waals surface area contributed by atoms with Crippen molar-refractivity contribution in [3.8, 4) is 22.8 Å². The van der Waals surface area contributed by atoms with Crippen LogP contribution in [0.5, 0.6) is 11.5 Å². The van der Waals surface area contributed by atoms with E-state index in [1.165, 1.54) is 19.4 Å². The smallest absolute Gasteiger partial charge is 0.263 e. The van der Waals surface area contributed by atoms with E-state index < -0.39 is 15.8 Å². The number of nitrogens with zero attached hydrogens (tertiary/aromatic N) is 3. The van der Waals surface area contributed by atoms with Crippen LogP contribution in [0.15, 0.2) is 65.7 Å². The molecule has 0 amide bonds. The van der Waals surface area contributed by atoms with Crippen molar-refractivity contribution in [1.82, 2.24) is 15.0 Å². The SMILES string of the molecule is COc1cc(-c2ccc3ncc(NS(=O)(=O)c4ccc(F)cc4)nc3n2)ccc1O. The molecule has 0 aliphatic rings. The molecule has 0 spiro atoms. The van der Waals surface area contributed by atoms with Gasteiger partial charge in [-0.25, -0.2) is 27.8 Å². The maximum absolute atomic E-state index is 13.1. The normalized spacial score (nSPS) is 11.4. The highest BCUT2D eigenvalue weighted by Crippen LogP contribution is 2.31. The van der Waals surface area contributed by atoms with Crippen LogP contribution < -0.4 is 9.46 Å². The Morgan fingerprint density at radius 1 is 1.03 bits per heavy atom. The molecule has 2 aromatic carbocycles. The van der Waals surface area contributed by atoms with E-state index in [4.69, 9.17) is 4.74 Å². The Morgan fingerprint density at radius 2 is 1.80 bits per heavy atom. The van der Waals surface area contributed by atoms with Gasteiger partial charge in [0.2, 0.25) is 0 Å². The maximum atomic E-state index is 13.1. The summed E-state index contributed by atoms with van der Waals surface area (Å²) >= 11 is 0. The zero-order chi connectivity index (χ0) is 21.3. The van der Waals surface area contributed by atoms with Gasteiger partial charge in [-0.1, -0.05) is 0 Å². The van der Waals surface area contributed by atoms with Gasteiger partial charge in [0.05, 0.1) is 23.9 Å². The number of rotatable bonds is 5. The topological polar surface area (TPSA) is 114 Å². The molecule has 10 heteroatoms. The Bertz CT molecular complexity index is 1350. The summed E-state index contributed by atoms with van der Waals surface area (Å²) in [6.45, 7) is 0. The molecule has 0 saturated carbocycles. The molecule has 2 heterocycles. The molecule has 0 bridgehead atoms. The minimum absolute atomic E-state index is 0.000632. The fourth-order valence-electron chi connectivity index (χ4n) is 2.75. The van der Waals surface area contributed by atoms with Crippen LogP contribution in [0.25, 0.3) is 22.4 Å². The number of benzene rings is 2. The number of ether oxygens (including phenoxy) is 1. The summed E-state index contributed by atoms with van der Waals surface area (Å²) in [6.07, 6.45) is 1.27. The van der Waals surface area contributed by atoms with E-state index in [2.05, 4.69) is 19.7 Å². The average molecular weight is 426 g/mol. The molecule has 0 unspecified atom stereocenters. The molecule has 0 aliphatic heterocycles. The quantitative estimate of drug-likeness (QED) is 0.503. The fraction of sp³-hybridized carbons (Fsp3) is 0.0500. The molecular weight excluding hydrogens is 411 g/mol. The Hall–Kier alpha value is -3.79. The van der Waals surface area contributed by atoms with Gasteiger partial charge >= 0.3 is 0 Å². The second-order valence-corrected chi connectivity index (χ2v) is 7.92. The number of hydrogen-bond acceptors (Lipinski definition) is 7. The highest BCUT2D eigenvalue weighted by atomic mass is 32.2. The Morgan fingerprint density at radius 3 is 2.53 bits per heavy atom.